The third kappa shape index (κ3) is 4.70. The van der Waals surface area contributed by atoms with Crippen molar-refractivity contribution >= 4 is 29.1 Å². The van der Waals surface area contributed by atoms with Gasteiger partial charge in [-0.3, -0.25) is 4.79 Å². The largest absolute Gasteiger partial charge is 0.490 e. The maximum Gasteiger partial charge on any atom is 0.387 e. The summed E-state index contributed by atoms with van der Waals surface area (Å²) in [6.45, 7) is 0.476. The van der Waals surface area contributed by atoms with Gasteiger partial charge in [0.25, 0.3) is 5.78 Å². The number of ketones is 1. The van der Waals surface area contributed by atoms with E-state index in [2.05, 4.69) is 20.1 Å². The lowest BCUT2D eigenvalue weighted by Crippen LogP contribution is -2.46. The Morgan fingerprint density at radius 1 is 1.30 bits per heavy atom. The van der Waals surface area contributed by atoms with E-state index in [0.29, 0.717) is 11.3 Å². The molecule has 1 aromatic rings. The molecule has 0 aromatic heterocycles. The minimum atomic E-state index is -3.02. The van der Waals surface area contributed by atoms with Gasteiger partial charge in [0.05, 0.1) is 25.3 Å². The summed E-state index contributed by atoms with van der Waals surface area (Å²) in [6, 6.07) is 3.42. The molecule has 1 aliphatic heterocycles. The maximum atomic E-state index is 12.6. The van der Waals surface area contributed by atoms with Crippen LogP contribution < -0.4 is 20.1 Å². The van der Waals surface area contributed by atoms with E-state index >= 15 is 0 Å². The molecule has 1 aromatic carbocycles. The van der Waals surface area contributed by atoms with E-state index in [1.54, 1.807) is 13.8 Å². The molecule has 0 fully saturated rings. The van der Waals surface area contributed by atoms with Crippen LogP contribution in [-0.4, -0.2) is 37.2 Å². The quantitative estimate of drug-likeness (QED) is 0.409. The number of Topliss-reactive ketones (excluding diaryl/α,β-unsaturated/α-hetero) is 1. The lowest BCUT2D eigenvalue weighted by molar-refractivity contribution is -0.150. The van der Waals surface area contributed by atoms with Gasteiger partial charge in [0.15, 0.2) is 16.6 Å². The number of nitrogens with one attached hydrogen (secondary N) is 2. The number of alkyl halides is 2. The molecule has 1 aliphatic rings. The Morgan fingerprint density at radius 2 is 2.00 bits per heavy atom. The van der Waals surface area contributed by atoms with Crippen LogP contribution in [0.25, 0.3) is 0 Å². The number of esters is 1. The topological polar surface area (TPSA) is 85.9 Å². The number of thiocarbonyl (C=S) groups is 1. The lowest BCUT2D eigenvalue weighted by Gasteiger charge is -2.30. The summed E-state index contributed by atoms with van der Waals surface area (Å²) >= 11 is 5.12. The number of carbonyl (C=O) groups excluding carboxylic acids is 2. The van der Waals surface area contributed by atoms with E-state index in [1.807, 2.05) is 0 Å². The first kappa shape index (κ1) is 20.6. The lowest BCUT2D eigenvalue weighted by atomic mass is 9.92. The minimum absolute atomic E-state index is 0.0732. The summed E-state index contributed by atoms with van der Waals surface area (Å²) in [5.41, 5.74) is 0.945. The predicted molar refractivity (Wildman–Crippen MR) is 95.6 cm³/mol. The van der Waals surface area contributed by atoms with E-state index in [9.17, 15) is 18.4 Å². The van der Waals surface area contributed by atoms with Crippen molar-refractivity contribution in [1.29, 1.82) is 0 Å². The summed E-state index contributed by atoms with van der Waals surface area (Å²) in [4.78, 5) is 24.2. The van der Waals surface area contributed by atoms with Crippen LogP contribution in [-0.2, 0) is 14.3 Å². The fourth-order valence-electron chi connectivity index (χ4n) is 2.61. The highest BCUT2D eigenvalue weighted by atomic mass is 32.1. The number of hydrogen-bond donors (Lipinski definition) is 2. The SMILES string of the molecule is CCOc1cc([C@H]2NC(=S)NC(C)=C2C(=O)C(=O)OC)ccc1OC(F)F. The van der Waals surface area contributed by atoms with E-state index in [4.69, 9.17) is 17.0 Å². The molecule has 0 bridgehead atoms. The van der Waals surface area contributed by atoms with Gasteiger partial charge in [-0.2, -0.15) is 8.78 Å². The van der Waals surface area contributed by atoms with E-state index in [0.717, 1.165) is 7.11 Å². The number of ether oxygens (including phenoxy) is 3. The highest BCUT2D eigenvalue weighted by Crippen LogP contribution is 2.35. The maximum absolute atomic E-state index is 12.6. The first-order chi connectivity index (χ1) is 12.8. The molecule has 1 heterocycles. The Morgan fingerprint density at radius 3 is 2.59 bits per heavy atom. The monoisotopic (exact) mass is 400 g/mol. The Bertz CT molecular complexity index is 798. The molecular weight excluding hydrogens is 382 g/mol. The van der Waals surface area contributed by atoms with Gasteiger partial charge in [-0.15, -0.1) is 0 Å². The third-order valence-corrected chi connectivity index (χ3v) is 3.92. The van der Waals surface area contributed by atoms with Crippen LogP contribution in [0.1, 0.15) is 25.5 Å². The smallest absolute Gasteiger partial charge is 0.387 e. The van der Waals surface area contributed by atoms with Crippen LogP contribution in [0.4, 0.5) is 8.78 Å². The molecule has 1 atom stereocenters. The van der Waals surface area contributed by atoms with Gasteiger partial charge in [0.2, 0.25) is 0 Å². The Hall–Kier alpha value is -2.75. The number of allylic oxidation sites excluding steroid dienone is 1. The van der Waals surface area contributed by atoms with Crippen molar-refractivity contribution in [3.05, 3.63) is 35.0 Å². The van der Waals surface area contributed by atoms with Crippen molar-refractivity contribution < 1.29 is 32.6 Å². The molecule has 10 heteroatoms. The molecule has 2 rings (SSSR count). The Labute approximate surface area is 159 Å². The van der Waals surface area contributed by atoms with Crippen LogP contribution in [0.5, 0.6) is 11.5 Å². The van der Waals surface area contributed by atoms with Crippen molar-refractivity contribution in [2.24, 2.45) is 0 Å². The Kier molecular flexibility index (Phi) is 6.67. The molecule has 0 saturated heterocycles. The molecule has 0 spiro atoms. The number of halogens is 2. The molecule has 146 valence electrons. The minimum Gasteiger partial charge on any atom is -0.490 e. The summed E-state index contributed by atoms with van der Waals surface area (Å²) in [5.74, 6) is -1.96. The Balaban J connectivity index is 2.50. The molecular formula is C17H18F2N2O5S. The average Bonchev–Trinajstić information content (AvgIpc) is 2.61. The predicted octanol–water partition coefficient (Wildman–Crippen LogP) is 2.22. The van der Waals surface area contributed by atoms with Gasteiger partial charge < -0.3 is 24.8 Å². The first-order valence-electron chi connectivity index (χ1n) is 7.90. The fourth-order valence-corrected chi connectivity index (χ4v) is 2.88. The van der Waals surface area contributed by atoms with Crippen molar-refractivity contribution in [3.63, 3.8) is 0 Å². The number of rotatable bonds is 7. The van der Waals surface area contributed by atoms with E-state index < -0.39 is 24.4 Å². The average molecular weight is 400 g/mol. The summed E-state index contributed by atoms with van der Waals surface area (Å²) in [7, 11) is 1.10. The van der Waals surface area contributed by atoms with Gasteiger partial charge in [0, 0.05) is 5.70 Å². The molecule has 2 N–H and O–H groups in total. The standard InChI is InChI=1S/C17H18F2N2O5S/c1-4-25-11-7-9(5-6-10(11)26-16(18)19)13-12(14(22)15(23)24-3)8(2)20-17(27)21-13/h5-7,13,16H,4H2,1-3H3,(H2,20,21,27)/t13-/m1/s1. The second-order valence-electron chi connectivity index (χ2n) is 5.41. The van der Waals surface area contributed by atoms with Crippen LogP contribution in [0.2, 0.25) is 0 Å². The number of methoxy groups -OCH3 is 1. The zero-order chi connectivity index (χ0) is 20.1. The molecule has 0 saturated carbocycles. The van der Waals surface area contributed by atoms with Gasteiger partial charge >= 0.3 is 12.6 Å². The van der Waals surface area contributed by atoms with Crippen molar-refractivity contribution in [2.75, 3.05) is 13.7 Å². The van der Waals surface area contributed by atoms with E-state index in [1.165, 1.54) is 18.2 Å². The zero-order valence-electron chi connectivity index (χ0n) is 14.8. The van der Waals surface area contributed by atoms with Crippen LogP contribution >= 0.6 is 12.2 Å². The summed E-state index contributed by atoms with van der Waals surface area (Å²) in [5, 5.41) is 5.91. The second kappa shape index (κ2) is 8.76. The second-order valence-corrected chi connectivity index (χ2v) is 5.82. The van der Waals surface area contributed by atoms with Crippen LogP contribution in [0.3, 0.4) is 0 Å². The summed E-state index contributed by atoms with van der Waals surface area (Å²) < 4.78 is 39.5. The van der Waals surface area contributed by atoms with Crippen molar-refractivity contribution in [3.8, 4) is 11.5 Å². The molecule has 7 nitrogen and oxygen atoms in total. The zero-order valence-corrected chi connectivity index (χ0v) is 15.6. The fraction of sp³-hybridized carbons (Fsp3) is 0.353. The van der Waals surface area contributed by atoms with E-state index in [-0.39, 0.29) is 28.8 Å². The normalized spacial score (nSPS) is 16.5. The third-order valence-electron chi connectivity index (χ3n) is 3.70. The molecule has 0 aliphatic carbocycles. The molecule has 27 heavy (non-hydrogen) atoms. The van der Waals surface area contributed by atoms with Crippen molar-refractivity contribution in [2.45, 2.75) is 26.5 Å². The molecule has 0 radical (unpaired) electrons. The van der Waals surface area contributed by atoms with Crippen molar-refractivity contribution in [1.82, 2.24) is 10.6 Å². The van der Waals surface area contributed by atoms with Gasteiger partial charge in [-0.25, -0.2) is 4.79 Å². The number of hydrogen-bond acceptors (Lipinski definition) is 6. The first-order valence-corrected chi connectivity index (χ1v) is 8.31. The summed E-state index contributed by atoms with van der Waals surface area (Å²) in [6.07, 6.45) is 0. The van der Waals surface area contributed by atoms with Gasteiger partial charge in [-0.05, 0) is 43.8 Å². The highest BCUT2D eigenvalue weighted by molar-refractivity contribution is 7.80. The van der Waals surface area contributed by atoms with Gasteiger partial charge in [0.1, 0.15) is 0 Å². The molecule has 0 unspecified atom stereocenters. The van der Waals surface area contributed by atoms with Gasteiger partial charge in [-0.1, -0.05) is 6.07 Å². The van der Waals surface area contributed by atoms with Crippen LogP contribution in [0.15, 0.2) is 29.5 Å². The number of benzene rings is 1. The number of carbonyl (C=O) groups is 2. The molecule has 0 amide bonds. The highest BCUT2D eigenvalue weighted by Gasteiger charge is 2.34. The van der Waals surface area contributed by atoms with Crippen LogP contribution in [0, 0.1) is 0 Å².